The fourth-order valence-electron chi connectivity index (χ4n) is 1.80. The fourth-order valence-corrected chi connectivity index (χ4v) is 1.80. The van der Waals surface area contributed by atoms with Gasteiger partial charge in [0.2, 0.25) is 0 Å². The Morgan fingerprint density at radius 2 is 1.29 bits per heavy atom. The topological polar surface area (TPSA) is 119 Å². The lowest BCUT2D eigenvalue weighted by Crippen LogP contribution is -2.30. The minimum atomic E-state index is -1.22. The van der Waals surface area contributed by atoms with E-state index in [1.54, 1.807) is 0 Å². The molecular weight excluding hydrogens is 320 g/mol. The number of carbonyl (C=O) groups excluding carboxylic acids is 3. The minimum Gasteiger partial charge on any atom is -0.459 e. The molecule has 1 aliphatic heterocycles. The van der Waals surface area contributed by atoms with Gasteiger partial charge in [-0.25, -0.2) is 9.59 Å². The molecule has 8 heteroatoms. The van der Waals surface area contributed by atoms with E-state index in [9.17, 15) is 24.6 Å². The smallest absolute Gasteiger partial charge is 0.330 e. The second kappa shape index (κ2) is 9.19. The molecule has 1 heterocycles. The van der Waals surface area contributed by atoms with Gasteiger partial charge in [-0.3, -0.25) is 4.79 Å². The van der Waals surface area contributed by atoms with E-state index in [0.717, 1.165) is 24.3 Å². The summed E-state index contributed by atoms with van der Waals surface area (Å²) >= 11 is 0. The van der Waals surface area contributed by atoms with Crippen LogP contribution in [0.3, 0.4) is 0 Å². The van der Waals surface area contributed by atoms with Crippen LogP contribution in [0.15, 0.2) is 24.3 Å². The summed E-state index contributed by atoms with van der Waals surface area (Å²) < 4.78 is 14.9. The number of cyclic esters (lactones) is 3. The van der Waals surface area contributed by atoms with Crippen LogP contribution in [0.1, 0.15) is 27.2 Å². The molecule has 134 valence electrons. The van der Waals surface area contributed by atoms with Crippen LogP contribution in [0.5, 0.6) is 0 Å². The standard InChI is InChI=1S/C16H22O8/c1-9-8-16(21)24-11(3)13(18)5-7-15(20)23-10(2)12(17)4-6-14(19)22-9/h4-7,9-13,17-18H,8H2,1-3H3/b6-4+,7-5+/t9-,10+,11-,12-,13-/m1/s1. The lowest BCUT2D eigenvalue weighted by molar-refractivity contribution is -0.157. The van der Waals surface area contributed by atoms with Crippen LogP contribution in [-0.4, -0.2) is 58.6 Å². The highest BCUT2D eigenvalue weighted by Gasteiger charge is 2.21. The predicted molar refractivity (Wildman–Crippen MR) is 81.6 cm³/mol. The Kier molecular flexibility index (Phi) is 7.60. The largest absolute Gasteiger partial charge is 0.459 e. The Labute approximate surface area is 139 Å². The molecule has 0 radical (unpaired) electrons. The van der Waals surface area contributed by atoms with Crippen LogP contribution in [0.4, 0.5) is 0 Å². The van der Waals surface area contributed by atoms with Gasteiger partial charge in [0.1, 0.15) is 30.5 Å². The third-order valence-electron chi connectivity index (χ3n) is 3.21. The molecule has 0 amide bonds. The van der Waals surface area contributed by atoms with Gasteiger partial charge in [-0.05, 0) is 32.9 Å². The lowest BCUT2D eigenvalue weighted by atomic mass is 10.2. The Hall–Kier alpha value is -2.19. The van der Waals surface area contributed by atoms with E-state index < -0.39 is 48.4 Å². The molecule has 8 nitrogen and oxygen atoms in total. The molecule has 0 aliphatic carbocycles. The highest BCUT2D eigenvalue weighted by molar-refractivity contribution is 5.83. The van der Waals surface area contributed by atoms with E-state index in [0.29, 0.717) is 0 Å². The Morgan fingerprint density at radius 3 is 1.83 bits per heavy atom. The van der Waals surface area contributed by atoms with Crippen LogP contribution in [0.25, 0.3) is 0 Å². The van der Waals surface area contributed by atoms with Crippen molar-refractivity contribution >= 4 is 17.9 Å². The van der Waals surface area contributed by atoms with Crippen molar-refractivity contribution in [2.24, 2.45) is 0 Å². The highest BCUT2D eigenvalue weighted by Crippen LogP contribution is 2.08. The first-order valence-corrected chi connectivity index (χ1v) is 7.52. The zero-order chi connectivity index (χ0) is 18.3. The van der Waals surface area contributed by atoms with E-state index in [4.69, 9.17) is 14.2 Å². The number of hydrogen-bond acceptors (Lipinski definition) is 8. The lowest BCUT2D eigenvalue weighted by Gasteiger charge is -2.19. The maximum atomic E-state index is 11.7. The Bertz CT molecular complexity index is 524. The van der Waals surface area contributed by atoms with Crippen molar-refractivity contribution in [1.29, 1.82) is 0 Å². The molecule has 2 N–H and O–H groups in total. The van der Waals surface area contributed by atoms with Gasteiger partial charge < -0.3 is 24.4 Å². The average molecular weight is 342 g/mol. The number of ether oxygens (including phenoxy) is 3. The summed E-state index contributed by atoms with van der Waals surface area (Å²) in [7, 11) is 0. The fraction of sp³-hybridized carbons (Fsp3) is 0.562. The van der Waals surface area contributed by atoms with Crippen LogP contribution in [-0.2, 0) is 28.6 Å². The summed E-state index contributed by atoms with van der Waals surface area (Å²) in [5, 5.41) is 19.6. The molecule has 1 rings (SSSR count). The number of aliphatic hydroxyl groups excluding tert-OH is 2. The first kappa shape index (κ1) is 19.9. The maximum Gasteiger partial charge on any atom is 0.330 e. The van der Waals surface area contributed by atoms with E-state index in [1.165, 1.54) is 20.8 Å². The summed E-state index contributed by atoms with van der Waals surface area (Å²) in [6, 6.07) is 0. The SMILES string of the molecule is C[C@@H]1CC(=O)O[C@H](C)[C@H](O)/C=C/C(=O)O[C@@H](C)[C@H](O)/C=C/C(=O)O1. The van der Waals surface area contributed by atoms with Gasteiger partial charge in [-0.1, -0.05) is 0 Å². The zero-order valence-electron chi connectivity index (χ0n) is 13.7. The number of esters is 3. The third kappa shape index (κ3) is 6.93. The van der Waals surface area contributed by atoms with Gasteiger partial charge in [0.15, 0.2) is 0 Å². The summed E-state index contributed by atoms with van der Waals surface area (Å²) in [4.78, 5) is 34.9. The van der Waals surface area contributed by atoms with E-state index >= 15 is 0 Å². The average Bonchev–Trinajstić information content (AvgIpc) is 2.48. The second-order valence-corrected chi connectivity index (χ2v) is 5.49. The Morgan fingerprint density at radius 1 is 0.833 bits per heavy atom. The van der Waals surface area contributed by atoms with Crippen LogP contribution in [0.2, 0.25) is 0 Å². The van der Waals surface area contributed by atoms with Crippen molar-refractivity contribution in [1.82, 2.24) is 0 Å². The molecule has 5 atom stereocenters. The van der Waals surface area contributed by atoms with Crippen molar-refractivity contribution in [3.63, 3.8) is 0 Å². The molecule has 0 aromatic heterocycles. The number of carbonyl (C=O) groups is 3. The quantitative estimate of drug-likeness (QED) is 0.467. The summed E-state index contributed by atoms with van der Waals surface area (Å²) in [6.45, 7) is 4.41. The van der Waals surface area contributed by atoms with Crippen molar-refractivity contribution in [3.05, 3.63) is 24.3 Å². The molecular formula is C16H22O8. The molecule has 1 aliphatic rings. The maximum absolute atomic E-state index is 11.7. The van der Waals surface area contributed by atoms with Crippen LogP contribution < -0.4 is 0 Å². The molecule has 24 heavy (non-hydrogen) atoms. The van der Waals surface area contributed by atoms with Gasteiger partial charge in [0, 0.05) is 12.2 Å². The van der Waals surface area contributed by atoms with E-state index in [-0.39, 0.29) is 6.42 Å². The molecule has 0 aromatic rings. The normalized spacial score (nSPS) is 36.2. The van der Waals surface area contributed by atoms with Crippen molar-refractivity contribution in [2.45, 2.75) is 57.7 Å². The summed E-state index contributed by atoms with van der Waals surface area (Å²) in [5.41, 5.74) is 0. The molecule has 0 saturated carbocycles. The zero-order valence-corrected chi connectivity index (χ0v) is 13.7. The summed E-state index contributed by atoms with van der Waals surface area (Å²) in [6.07, 6.45) is -0.961. The van der Waals surface area contributed by atoms with E-state index in [1.807, 2.05) is 0 Å². The van der Waals surface area contributed by atoms with Crippen molar-refractivity contribution in [3.8, 4) is 0 Å². The summed E-state index contributed by atoms with van der Waals surface area (Å²) in [5.74, 6) is -2.22. The number of hydrogen-bond donors (Lipinski definition) is 2. The first-order valence-electron chi connectivity index (χ1n) is 7.52. The number of aliphatic hydroxyl groups is 2. The minimum absolute atomic E-state index is 0.193. The van der Waals surface area contributed by atoms with Crippen molar-refractivity contribution in [2.75, 3.05) is 0 Å². The van der Waals surface area contributed by atoms with Crippen LogP contribution >= 0.6 is 0 Å². The monoisotopic (exact) mass is 342 g/mol. The van der Waals surface area contributed by atoms with Crippen LogP contribution in [0, 0.1) is 0 Å². The Balaban J connectivity index is 2.91. The van der Waals surface area contributed by atoms with Gasteiger partial charge in [0.25, 0.3) is 0 Å². The molecule has 0 spiro atoms. The third-order valence-corrected chi connectivity index (χ3v) is 3.21. The van der Waals surface area contributed by atoms with Gasteiger partial charge in [-0.15, -0.1) is 0 Å². The highest BCUT2D eigenvalue weighted by atomic mass is 16.6. The van der Waals surface area contributed by atoms with Gasteiger partial charge in [0.05, 0.1) is 6.42 Å². The molecule has 0 unspecified atom stereocenters. The first-order chi connectivity index (χ1) is 11.2. The second-order valence-electron chi connectivity index (χ2n) is 5.49. The van der Waals surface area contributed by atoms with Gasteiger partial charge in [-0.2, -0.15) is 0 Å². The molecule has 0 bridgehead atoms. The number of rotatable bonds is 0. The van der Waals surface area contributed by atoms with Gasteiger partial charge >= 0.3 is 17.9 Å². The predicted octanol–water partition coefficient (Wildman–Crippen LogP) is 0.0194. The van der Waals surface area contributed by atoms with E-state index in [2.05, 4.69) is 0 Å². The molecule has 0 saturated heterocycles. The molecule has 0 fully saturated rings. The van der Waals surface area contributed by atoms with Crippen molar-refractivity contribution < 1.29 is 38.8 Å². The molecule has 0 aromatic carbocycles.